The molecule has 34 N–H and O–H groups in total. The first-order valence-electron chi connectivity index (χ1n) is 44.6. The van der Waals surface area contributed by atoms with Crippen molar-refractivity contribution in [2.45, 2.75) is 417 Å². The number of hydrogen-bond acceptors (Lipinski definition) is 57. The van der Waals surface area contributed by atoms with Gasteiger partial charge in [0, 0.05) is 20.8 Å². The molecule has 12 rings (SSSR count). The summed E-state index contributed by atoms with van der Waals surface area (Å²) >= 11 is 0. The summed E-state index contributed by atoms with van der Waals surface area (Å²) in [5, 5.41) is 357. The lowest BCUT2D eigenvalue weighted by molar-refractivity contribution is -0.405. The van der Waals surface area contributed by atoms with Crippen LogP contribution in [0.5, 0.6) is 0 Å². The summed E-state index contributed by atoms with van der Waals surface area (Å²) in [6.07, 6.45) is -120. The molecule has 0 aromatic carbocycles. The number of amides is 3. The number of rotatable bonds is 33. The first kappa shape index (κ1) is 113. The second kappa shape index (κ2) is 48.5. The van der Waals surface area contributed by atoms with E-state index in [9.17, 15) is 173 Å². The van der Waals surface area contributed by atoms with Gasteiger partial charge in [0.15, 0.2) is 75.5 Å². The summed E-state index contributed by atoms with van der Waals surface area (Å²) in [5.74, 6) is -3.19. The minimum absolute atomic E-state index is 0.871. The summed E-state index contributed by atoms with van der Waals surface area (Å²) in [6, 6.07) is -6.39. The van der Waals surface area contributed by atoms with Crippen LogP contribution in [0.3, 0.4) is 0 Å². The van der Waals surface area contributed by atoms with Crippen molar-refractivity contribution in [2.24, 2.45) is 0 Å². The van der Waals surface area contributed by atoms with E-state index in [2.05, 4.69) is 16.0 Å². The molecule has 3 amide bonds. The molecule has 0 aliphatic carbocycles. The number of carbonyl (C=O) groups is 3. The molecule has 0 spiro atoms. The molecule has 12 heterocycles. The third kappa shape index (κ3) is 24.0. The number of carbonyl (C=O) groups excluding carboxylic acids is 3. The molecular weight excluding hydrogens is 1890 g/mol. The minimum atomic E-state index is -2.61. The monoisotopic (exact) mass is 2020 g/mol. The Morgan fingerprint density at radius 3 is 0.659 bits per heavy atom. The van der Waals surface area contributed by atoms with Crippen LogP contribution in [-0.4, -0.2) is 597 Å². The Bertz CT molecular complexity index is 3790. The minimum Gasteiger partial charge on any atom is -0.394 e. The van der Waals surface area contributed by atoms with Crippen LogP contribution in [0.2, 0.25) is 0 Å². The van der Waals surface area contributed by atoms with Gasteiger partial charge in [0.1, 0.15) is 268 Å². The average Bonchev–Trinajstić information content (AvgIpc) is 0.752. The molecule has 0 radical (unpaired) electrons. The smallest absolute Gasteiger partial charge is 0.217 e. The molecular formula is C78H131N3O57. The first-order chi connectivity index (χ1) is 65.2. The molecule has 800 valence electrons. The number of aliphatic hydroxyl groups is 31. The SMILES string of the molecule is CC(=O)N[C@H]1[C@H](O[C@H]2[C@@H](O)[C@@H](CO)O[C@@H](O[C@H]3[C@H](O[C@@H]4O[C@@H](C)[C@@H](O)[C@@H](O)[C@@H]4O)[C@@H](NC(C)=O)[C@H](O[C@H]4[C@@H](O)[C@@H](CO)O[C@@H](O[C@H]5[C@H](O[C@@H]6O[C@@H](C)[C@@H](O)[C@@H](O)[C@@H]6O)[C@@H](NC(C)=O)[C@H](O[C@H]6[C@@H](O)[C@@H](CO)O[C@@H](O[C@H]7[C@H](O)[C@@H](O)C(O)O[C@@H]7CO)[C@@H]6O)O[C@@H]5CO)[C@@H]4O)O[C@@H]3CO)[C@@H]2O)O[C@H](CO)[C@@H](O[C@@H]2O[C@@H](C)[C@@H](O)[C@@H](O)[C@@H]2O)[C@@H]1O[C@@H]1O[C@H](CO)[C@H](O)[C@H](O)[C@H]1O[C@@H]1O[C@@H](C)[C@@H](O)[C@@H](O)[C@@H]1O. The van der Waals surface area contributed by atoms with E-state index >= 15 is 0 Å². The molecule has 0 bridgehead atoms. The van der Waals surface area contributed by atoms with E-state index in [1.165, 1.54) is 27.7 Å². The number of aliphatic hydroxyl groups excluding tert-OH is 31. The van der Waals surface area contributed by atoms with Gasteiger partial charge in [-0.15, -0.1) is 0 Å². The van der Waals surface area contributed by atoms with Crippen LogP contribution in [0, 0.1) is 0 Å². The third-order valence-electron chi connectivity index (χ3n) is 26.2. The number of ether oxygens (including phenoxy) is 23. The quantitative estimate of drug-likeness (QED) is 0.0290. The average molecular weight is 2020 g/mol. The van der Waals surface area contributed by atoms with Gasteiger partial charge in [0.25, 0.3) is 0 Å². The topological polar surface area (TPSA) is 927 Å². The highest BCUT2D eigenvalue weighted by Gasteiger charge is 2.65. The van der Waals surface area contributed by atoms with E-state index in [1.807, 2.05) is 0 Å². The van der Waals surface area contributed by atoms with Gasteiger partial charge in [-0.1, -0.05) is 0 Å². The Kier molecular flexibility index (Phi) is 39.7. The molecule has 0 aromatic rings. The van der Waals surface area contributed by atoms with Gasteiger partial charge in [-0.3, -0.25) is 14.4 Å². The van der Waals surface area contributed by atoms with Gasteiger partial charge < -0.3 is 283 Å². The van der Waals surface area contributed by atoms with Crippen LogP contribution in [0.1, 0.15) is 48.5 Å². The summed E-state index contributed by atoms with van der Waals surface area (Å²) in [5.41, 5.74) is 0. The predicted molar refractivity (Wildman–Crippen MR) is 424 cm³/mol. The van der Waals surface area contributed by atoms with Crippen LogP contribution in [0.4, 0.5) is 0 Å². The van der Waals surface area contributed by atoms with E-state index in [1.54, 1.807) is 0 Å². The van der Waals surface area contributed by atoms with Crippen LogP contribution in [0.15, 0.2) is 0 Å². The van der Waals surface area contributed by atoms with E-state index in [-0.39, 0.29) is 0 Å². The van der Waals surface area contributed by atoms with Gasteiger partial charge >= 0.3 is 0 Å². The highest BCUT2D eigenvalue weighted by Crippen LogP contribution is 2.44. The maximum Gasteiger partial charge on any atom is 0.217 e. The van der Waals surface area contributed by atoms with Crippen molar-refractivity contribution in [1.82, 2.24) is 16.0 Å². The Morgan fingerprint density at radius 2 is 0.391 bits per heavy atom. The third-order valence-corrected chi connectivity index (χ3v) is 26.2. The zero-order chi connectivity index (χ0) is 101. The zero-order valence-electron chi connectivity index (χ0n) is 74.8. The van der Waals surface area contributed by atoms with Crippen molar-refractivity contribution in [2.75, 3.05) is 52.9 Å². The van der Waals surface area contributed by atoms with E-state index < -0.39 is 439 Å². The molecule has 12 aliphatic rings. The molecule has 60 nitrogen and oxygen atoms in total. The van der Waals surface area contributed by atoms with Crippen molar-refractivity contribution >= 4 is 17.7 Å². The highest BCUT2D eigenvalue weighted by atomic mass is 16.8. The van der Waals surface area contributed by atoms with Crippen molar-refractivity contribution in [1.29, 1.82) is 0 Å². The first-order valence-corrected chi connectivity index (χ1v) is 44.6. The lowest BCUT2D eigenvalue weighted by atomic mass is 9.93. The Morgan fingerprint density at radius 1 is 0.188 bits per heavy atom. The predicted octanol–water partition coefficient (Wildman–Crippen LogP) is -22.6. The van der Waals surface area contributed by atoms with Crippen molar-refractivity contribution in [3.63, 3.8) is 0 Å². The maximum absolute atomic E-state index is 13.9. The van der Waals surface area contributed by atoms with Crippen molar-refractivity contribution in [3.05, 3.63) is 0 Å². The van der Waals surface area contributed by atoms with Gasteiger partial charge in [-0.2, -0.15) is 0 Å². The summed E-state index contributed by atoms with van der Waals surface area (Å²) < 4.78 is 140. The van der Waals surface area contributed by atoms with E-state index in [0.717, 1.165) is 20.8 Å². The zero-order valence-corrected chi connectivity index (χ0v) is 74.8. The summed E-state index contributed by atoms with van der Waals surface area (Å²) in [7, 11) is 0. The number of hydrogen-bond donors (Lipinski definition) is 34. The fraction of sp³-hybridized carbons (Fsp3) is 0.962. The molecule has 12 aliphatic heterocycles. The van der Waals surface area contributed by atoms with Gasteiger partial charge in [-0.05, 0) is 27.7 Å². The van der Waals surface area contributed by atoms with E-state index in [4.69, 9.17) is 109 Å². The van der Waals surface area contributed by atoms with Crippen LogP contribution in [0.25, 0.3) is 0 Å². The molecule has 60 heteroatoms. The Balaban J connectivity index is 0.872. The lowest BCUT2D eigenvalue weighted by Crippen LogP contribution is -2.72. The second-order valence-electron chi connectivity index (χ2n) is 35.7. The largest absolute Gasteiger partial charge is 0.394 e. The van der Waals surface area contributed by atoms with Gasteiger partial charge in [-0.25, -0.2) is 0 Å². The van der Waals surface area contributed by atoms with Crippen LogP contribution in [-0.2, 0) is 123 Å². The highest BCUT2D eigenvalue weighted by molar-refractivity contribution is 5.74. The van der Waals surface area contributed by atoms with Crippen molar-refractivity contribution in [3.8, 4) is 0 Å². The molecule has 138 heavy (non-hydrogen) atoms. The van der Waals surface area contributed by atoms with Crippen molar-refractivity contribution < 1.29 is 282 Å². The number of nitrogens with one attached hydrogen (secondary N) is 3. The van der Waals surface area contributed by atoms with Crippen LogP contribution < -0.4 is 16.0 Å². The molecule has 0 saturated carbocycles. The molecule has 0 aromatic heterocycles. The fourth-order valence-corrected chi connectivity index (χ4v) is 18.4. The molecule has 12 fully saturated rings. The fourth-order valence-electron chi connectivity index (χ4n) is 18.4. The van der Waals surface area contributed by atoms with Gasteiger partial charge in [0.2, 0.25) is 17.7 Å². The normalized spacial score (nSPS) is 52.1. The molecule has 60 atom stereocenters. The maximum atomic E-state index is 13.9. The molecule has 12 saturated heterocycles. The van der Waals surface area contributed by atoms with Gasteiger partial charge in [0.05, 0.1) is 77.3 Å². The standard InChI is InChI=1S/C78H131N3O57/c1-16-34(93)42(101)49(108)71(116-16)129-59-30(15-89)127-70(33(81-22(7)92)62(59)134-78-66(46(105)38(97)23(8-82)124-78)138-74-52(111)45(104)37(96)19(4)119-74)137-65-41(100)26(11-85)123-77(55(65)114)131-58-29(14-88)126-69(32(80-21(6)91)61(58)133-73-51(110)44(103)36(95)18(3)118-73)136-64-40(99)25(10-84)122-76(54(64)113)130-57-28(13-87)125-68(31(79-20(5)90)60(57)132-72-50(109)43(102)35(94)17(2)117-72)135-63-39(98)24(9-83)121-75(53(63)112)128-56-27(12-86)120-67(115)48(107)47(56)106/h16-19,23-78,82-89,93-115H,8-15H2,1-7H3,(H,79,90)(H,80,91)(H,81,92)/t16-,17-,18-,19-,23+,24+,25+,26+,27+,28+,29+,30+,31+,32+,33+,34+,35+,36+,37+,38-,39-,40-,41-,42+,43+,44+,45+,46-,47+,48+,49-,50-,51-,52-,53+,54+,55+,56+,57+,58+,59+,60+,61+,62+,63-,64-,65-,66+,67?,68-,69-,70-,71-,72-,73-,74-,75-,76-,77-,78-/m0/s1. The van der Waals surface area contributed by atoms with E-state index in [0.29, 0.717) is 0 Å². The second-order valence-corrected chi connectivity index (χ2v) is 35.7. The van der Waals surface area contributed by atoms with Crippen LogP contribution >= 0.6 is 0 Å². The molecule has 1 unspecified atom stereocenters. The Labute approximate surface area is 782 Å². The Hall–Kier alpha value is -3.75. The summed E-state index contributed by atoms with van der Waals surface area (Å²) in [6.45, 7) is -2.21. The summed E-state index contributed by atoms with van der Waals surface area (Å²) in [4.78, 5) is 41.3. The lowest BCUT2D eigenvalue weighted by Gasteiger charge is -2.53.